The molecule has 1 saturated heterocycles. The summed E-state index contributed by atoms with van der Waals surface area (Å²) in [7, 11) is 0. The van der Waals surface area contributed by atoms with E-state index in [1.807, 2.05) is 18.2 Å². The molecule has 3 nitrogen and oxygen atoms in total. The number of aromatic nitrogens is 1. The van der Waals surface area contributed by atoms with Crippen molar-refractivity contribution in [3.05, 3.63) is 36.0 Å². The molecule has 4 heteroatoms. The van der Waals surface area contributed by atoms with Crippen molar-refractivity contribution in [3.8, 4) is 6.07 Å². The number of nitrogens with zero attached hydrogens (tertiary/aromatic N) is 3. The quantitative estimate of drug-likeness (QED) is 0.851. The maximum Gasteiger partial charge on any atom is 0.143 e. The van der Waals surface area contributed by atoms with Crippen LogP contribution in [0, 0.1) is 11.3 Å². The number of hydrogen-bond acceptors (Lipinski definition) is 4. The summed E-state index contributed by atoms with van der Waals surface area (Å²) in [6, 6.07) is 12.3. The molecule has 2 heterocycles. The maximum atomic E-state index is 9.28. The van der Waals surface area contributed by atoms with Crippen LogP contribution >= 0.6 is 11.8 Å². The molecular formula is C18H21N3S. The standard InChI is InChI=1S/C18H21N3S/c1-2-22-15-7-5-6-10-21(13-15)18-11-14(12-19)20-17-9-4-3-8-16(17)18/h3-4,8-9,11,15H,2,5-7,10,13H2,1H3. The molecule has 0 saturated carbocycles. The monoisotopic (exact) mass is 311 g/mol. The smallest absolute Gasteiger partial charge is 0.143 e. The summed E-state index contributed by atoms with van der Waals surface area (Å²) in [5.74, 6) is 1.17. The molecule has 3 rings (SSSR count). The lowest BCUT2D eigenvalue weighted by atomic mass is 10.1. The number of para-hydroxylation sites is 1. The van der Waals surface area contributed by atoms with Gasteiger partial charge in [0.1, 0.15) is 11.8 Å². The van der Waals surface area contributed by atoms with Crippen LogP contribution in [0.3, 0.4) is 0 Å². The van der Waals surface area contributed by atoms with E-state index in [0.29, 0.717) is 10.9 Å². The zero-order chi connectivity index (χ0) is 15.4. The van der Waals surface area contributed by atoms with Gasteiger partial charge < -0.3 is 4.90 Å². The molecule has 0 amide bonds. The molecule has 0 spiro atoms. The minimum atomic E-state index is 0.512. The summed E-state index contributed by atoms with van der Waals surface area (Å²) in [5, 5.41) is 11.1. The molecule has 1 atom stereocenters. The predicted octanol–water partition coefficient (Wildman–Crippen LogP) is 4.22. The highest BCUT2D eigenvalue weighted by atomic mass is 32.2. The van der Waals surface area contributed by atoms with E-state index in [9.17, 15) is 5.26 Å². The minimum absolute atomic E-state index is 0.512. The number of pyridine rings is 1. The molecule has 1 unspecified atom stereocenters. The van der Waals surface area contributed by atoms with Gasteiger partial charge in [-0.2, -0.15) is 17.0 Å². The van der Waals surface area contributed by atoms with Gasteiger partial charge in [0, 0.05) is 29.4 Å². The third kappa shape index (κ3) is 3.20. The van der Waals surface area contributed by atoms with Crippen LogP contribution in [0.4, 0.5) is 5.69 Å². The molecule has 114 valence electrons. The van der Waals surface area contributed by atoms with Gasteiger partial charge in [-0.3, -0.25) is 0 Å². The summed E-state index contributed by atoms with van der Waals surface area (Å²) in [4.78, 5) is 6.90. The summed E-state index contributed by atoms with van der Waals surface area (Å²) >= 11 is 2.06. The molecule has 22 heavy (non-hydrogen) atoms. The number of nitriles is 1. The van der Waals surface area contributed by atoms with Gasteiger partial charge in [0.15, 0.2) is 0 Å². The number of anilines is 1. The van der Waals surface area contributed by atoms with E-state index in [-0.39, 0.29) is 0 Å². The first-order valence-electron chi connectivity index (χ1n) is 7.98. The van der Waals surface area contributed by atoms with Crippen LogP contribution in [0.2, 0.25) is 0 Å². The summed E-state index contributed by atoms with van der Waals surface area (Å²) in [6.07, 6.45) is 3.81. The topological polar surface area (TPSA) is 39.9 Å². The van der Waals surface area contributed by atoms with Gasteiger partial charge in [0.25, 0.3) is 0 Å². The van der Waals surface area contributed by atoms with Crippen molar-refractivity contribution in [2.24, 2.45) is 0 Å². The molecule has 1 aliphatic heterocycles. The average molecular weight is 311 g/mol. The van der Waals surface area contributed by atoms with Crippen molar-refractivity contribution < 1.29 is 0 Å². The summed E-state index contributed by atoms with van der Waals surface area (Å²) in [5.41, 5.74) is 2.60. The van der Waals surface area contributed by atoms with Crippen LogP contribution in [0.5, 0.6) is 0 Å². The fourth-order valence-electron chi connectivity index (χ4n) is 3.17. The van der Waals surface area contributed by atoms with Crippen LogP contribution in [-0.4, -0.2) is 29.1 Å². The van der Waals surface area contributed by atoms with Crippen molar-refractivity contribution in [1.82, 2.24) is 4.98 Å². The van der Waals surface area contributed by atoms with Crippen LogP contribution in [0.15, 0.2) is 30.3 Å². The Balaban J connectivity index is 2.02. The highest BCUT2D eigenvalue weighted by Crippen LogP contribution is 2.31. The normalized spacial score (nSPS) is 18.9. The van der Waals surface area contributed by atoms with E-state index in [4.69, 9.17) is 0 Å². The average Bonchev–Trinajstić information content (AvgIpc) is 2.79. The van der Waals surface area contributed by atoms with Crippen molar-refractivity contribution in [2.45, 2.75) is 31.4 Å². The van der Waals surface area contributed by atoms with Crippen LogP contribution in [0.25, 0.3) is 10.9 Å². The molecule has 0 aliphatic carbocycles. The molecule has 0 radical (unpaired) electrons. The molecule has 2 aromatic rings. The minimum Gasteiger partial charge on any atom is -0.370 e. The van der Waals surface area contributed by atoms with Gasteiger partial charge in [-0.1, -0.05) is 31.5 Å². The molecule has 1 fully saturated rings. The first-order chi connectivity index (χ1) is 10.8. The van der Waals surface area contributed by atoms with Gasteiger partial charge in [-0.15, -0.1) is 0 Å². The SMILES string of the molecule is CCSC1CCCCN(c2cc(C#N)nc3ccccc23)C1. The second kappa shape index (κ2) is 7.02. The summed E-state index contributed by atoms with van der Waals surface area (Å²) < 4.78 is 0. The Bertz CT molecular complexity index is 692. The largest absolute Gasteiger partial charge is 0.370 e. The third-order valence-corrected chi connectivity index (χ3v) is 5.37. The van der Waals surface area contributed by atoms with Crippen molar-refractivity contribution in [1.29, 1.82) is 5.26 Å². The Hall–Kier alpha value is -1.73. The zero-order valence-electron chi connectivity index (χ0n) is 13.0. The molecule has 1 aliphatic rings. The van der Waals surface area contributed by atoms with E-state index >= 15 is 0 Å². The van der Waals surface area contributed by atoms with E-state index in [1.54, 1.807) is 0 Å². The lowest BCUT2D eigenvalue weighted by Crippen LogP contribution is -2.30. The van der Waals surface area contributed by atoms with Crippen molar-refractivity contribution in [2.75, 3.05) is 23.7 Å². The van der Waals surface area contributed by atoms with Gasteiger partial charge in [-0.05, 0) is 30.7 Å². The van der Waals surface area contributed by atoms with Gasteiger partial charge in [0.2, 0.25) is 0 Å². The fraction of sp³-hybridized carbons (Fsp3) is 0.444. The van der Waals surface area contributed by atoms with E-state index in [1.165, 1.54) is 30.7 Å². The van der Waals surface area contributed by atoms with E-state index in [0.717, 1.165) is 24.0 Å². The number of hydrogen-bond donors (Lipinski definition) is 0. The van der Waals surface area contributed by atoms with Crippen LogP contribution < -0.4 is 4.90 Å². The molecule has 0 N–H and O–H groups in total. The van der Waals surface area contributed by atoms with E-state index in [2.05, 4.69) is 46.8 Å². The second-order valence-corrected chi connectivity index (χ2v) is 7.25. The Kier molecular flexibility index (Phi) is 4.84. The van der Waals surface area contributed by atoms with Crippen molar-refractivity contribution >= 4 is 28.4 Å². The molecule has 0 bridgehead atoms. The van der Waals surface area contributed by atoms with Gasteiger partial charge >= 0.3 is 0 Å². The zero-order valence-corrected chi connectivity index (χ0v) is 13.8. The maximum absolute atomic E-state index is 9.28. The Morgan fingerprint density at radius 3 is 3.05 bits per heavy atom. The predicted molar refractivity (Wildman–Crippen MR) is 94.4 cm³/mol. The van der Waals surface area contributed by atoms with Gasteiger partial charge in [-0.25, -0.2) is 4.98 Å². The van der Waals surface area contributed by atoms with E-state index < -0.39 is 0 Å². The Morgan fingerprint density at radius 2 is 2.23 bits per heavy atom. The number of benzene rings is 1. The first-order valence-corrected chi connectivity index (χ1v) is 9.03. The number of thioether (sulfide) groups is 1. The number of fused-ring (bicyclic) bond motifs is 1. The Labute approximate surface area is 136 Å². The summed E-state index contributed by atoms with van der Waals surface area (Å²) in [6.45, 7) is 4.37. The highest BCUT2D eigenvalue weighted by molar-refractivity contribution is 7.99. The third-order valence-electron chi connectivity index (χ3n) is 4.18. The van der Waals surface area contributed by atoms with Crippen molar-refractivity contribution in [3.63, 3.8) is 0 Å². The highest BCUT2D eigenvalue weighted by Gasteiger charge is 2.20. The lowest BCUT2D eigenvalue weighted by Gasteiger charge is -2.27. The Morgan fingerprint density at radius 1 is 1.36 bits per heavy atom. The van der Waals surface area contributed by atoms with Gasteiger partial charge in [0.05, 0.1) is 5.52 Å². The number of rotatable bonds is 3. The van der Waals surface area contributed by atoms with Crippen LogP contribution in [0.1, 0.15) is 31.9 Å². The molecular weight excluding hydrogens is 290 g/mol. The van der Waals surface area contributed by atoms with Crippen LogP contribution in [-0.2, 0) is 0 Å². The molecule has 1 aromatic carbocycles. The fourth-order valence-corrected chi connectivity index (χ4v) is 4.26. The molecule has 1 aromatic heterocycles. The first kappa shape index (κ1) is 15.2. The lowest BCUT2D eigenvalue weighted by molar-refractivity contribution is 0.736. The second-order valence-electron chi connectivity index (χ2n) is 5.67.